The van der Waals surface area contributed by atoms with Crippen LogP contribution in [0.3, 0.4) is 0 Å². The molecule has 2 aromatic heterocycles. The summed E-state index contributed by atoms with van der Waals surface area (Å²) in [5.74, 6) is -1.96. The Balaban J connectivity index is 1.80. The number of ether oxygens (including phenoxy) is 3. The van der Waals surface area contributed by atoms with Crippen LogP contribution in [0.15, 0.2) is 6.33 Å². The first kappa shape index (κ1) is 16.1. The SMILES string of the molecule is Cc1nc(I)nc2c1ncn2C1OC(C(=O)O)C2OC(C)(C)OC21. The number of aliphatic carboxylic acids is 1. The van der Waals surface area contributed by atoms with Gasteiger partial charge >= 0.3 is 5.97 Å². The molecule has 4 rings (SSSR count). The zero-order valence-corrected chi connectivity index (χ0v) is 15.3. The molecular weight excluding hydrogens is 431 g/mol. The average Bonchev–Trinajstić information content (AvgIpc) is 3.09. The first-order chi connectivity index (χ1) is 11.3. The van der Waals surface area contributed by atoms with E-state index in [0.29, 0.717) is 15.0 Å². The van der Waals surface area contributed by atoms with E-state index in [9.17, 15) is 9.90 Å². The van der Waals surface area contributed by atoms with Crippen LogP contribution >= 0.6 is 22.6 Å². The maximum absolute atomic E-state index is 11.5. The van der Waals surface area contributed by atoms with Crippen molar-refractivity contribution in [2.75, 3.05) is 0 Å². The highest BCUT2D eigenvalue weighted by atomic mass is 127. The number of hydrogen-bond donors (Lipinski definition) is 1. The normalized spacial score (nSPS) is 31.5. The number of rotatable bonds is 2. The fourth-order valence-corrected chi connectivity index (χ4v) is 3.80. The third-order valence-electron chi connectivity index (χ3n) is 4.12. The Kier molecular flexibility index (Phi) is 3.57. The van der Waals surface area contributed by atoms with E-state index in [4.69, 9.17) is 14.2 Å². The fourth-order valence-electron chi connectivity index (χ4n) is 3.21. The third-order valence-corrected chi connectivity index (χ3v) is 4.60. The molecular formula is C14H15IN4O5. The lowest BCUT2D eigenvalue weighted by Gasteiger charge is -2.23. The van der Waals surface area contributed by atoms with E-state index in [1.165, 1.54) is 0 Å². The van der Waals surface area contributed by atoms with E-state index in [1.807, 2.05) is 29.5 Å². The maximum Gasteiger partial charge on any atom is 0.335 e. The lowest BCUT2D eigenvalue weighted by atomic mass is 10.1. The van der Waals surface area contributed by atoms with Crippen LogP contribution in [0, 0.1) is 10.8 Å². The van der Waals surface area contributed by atoms with E-state index in [-0.39, 0.29) is 0 Å². The molecule has 1 N–H and O–H groups in total. The molecule has 0 amide bonds. The van der Waals surface area contributed by atoms with Crippen molar-refractivity contribution in [2.45, 2.75) is 51.1 Å². The number of carboxylic acid groups (broad SMARTS) is 1. The summed E-state index contributed by atoms with van der Waals surface area (Å²) in [6.45, 7) is 5.35. The van der Waals surface area contributed by atoms with Crippen LogP contribution in [0.5, 0.6) is 0 Å². The van der Waals surface area contributed by atoms with Crippen molar-refractivity contribution in [3.05, 3.63) is 15.9 Å². The third kappa shape index (κ3) is 2.39. The van der Waals surface area contributed by atoms with Gasteiger partial charge in [0.2, 0.25) is 0 Å². The van der Waals surface area contributed by atoms with Crippen molar-refractivity contribution in [1.29, 1.82) is 0 Å². The molecule has 4 heterocycles. The topological polar surface area (TPSA) is 109 Å². The van der Waals surface area contributed by atoms with Gasteiger partial charge in [0, 0.05) is 22.6 Å². The zero-order valence-electron chi connectivity index (χ0n) is 13.1. The molecule has 10 heteroatoms. The van der Waals surface area contributed by atoms with Crippen LogP contribution in [0.2, 0.25) is 0 Å². The number of carboxylic acids is 1. The minimum absolute atomic E-state index is 0.563. The lowest BCUT2D eigenvalue weighted by Crippen LogP contribution is -2.35. The zero-order chi connectivity index (χ0) is 17.2. The van der Waals surface area contributed by atoms with Gasteiger partial charge in [-0.1, -0.05) is 0 Å². The van der Waals surface area contributed by atoms with Gasteiger partial charge in [-0.15, -0.1) is 0 Å². The first-order valence-corrected chi connectivity index (χ1v) is 8.45. The number of halogens is 1. The van der Waals surface area contributed by atoms with E-state index in [1.54, 1.807) is 24.7 Å². The molecule has 128 valence electrons. The van der Waals surface area contributed by atoms with Crippen molar-refractivity contribution in [3.63, 3.8) is 0 Å². The van der Waals surface area contributed by atoms with Gasteiger partial charge in [0.05, 0.1) is 12.0 Å². The Morgan fingerprint density at radius 2 is 2.04 bits per heavy atom. The van der Waals surface area contributed by atoms with Gasteiger partial charge in [-0.05, 0) is 20.8 Å². The molecule has 0 bridgehead atoms. The van der Waals surface area contributed by atoms with Crippen molar-refractivity contribution in [1.82, 2.24) is 19.5 Å². The van der Waals surface area contributed by atoms with Gasteiger partial charge in [0.25, 0.3) is 0 Å². The minimum atomic E-state index is -1.11. The molecule has 0 aromatic carbocycles. The van der Waals surface area contributed by atoms with Crippen molar-refractivity contribution in [3.8, 4) is 0 Å². The van der Waals surface area contributed by atoms with Crippen LogP contribution in [-0.4, -0.2) is 54.7 Å². The van der Waals surface area contributed by atoms with Crippen molar-refractivity contribution >= 4 is 39.7 Å². The van der Waals surface area contributed by atoms with Gasteiger partial charge < -0.3 is 19.3 Å². The molecule has 24 heavy (non-hydrogen) atoms. The molecule has 4 atom stereocenters. The highest BCUT2D eigenvalue weighted by Gasteiger charge is 2.58. The predicted octanol–water partition coefficient (Wildman–Crippen LogP) is 1.24. The second kappa shape index (κ2) is 5.31. The number of nitrogens with zero attached hydrogens (tertiary/aromatic N) is 4. The summed E-state index contributed by atoms with van der Waals surface area (Å²) in [5, 5.41) is 9.44. The van der Waals surface area contributed by atoms with E-state index < -0.39 is 36.3 Å². The second-order valence-corrected chi connectivity index (χ2v) is 7.22. The highest BCUT2D eigenvalue weighted by Crippen LogP contribution is 2.43. The molecule has 0 radical (unpaired) electrons. The Hall–Kier alpha value is -1.37. The van der Waals surface area contributed by atoms with Gasteiger partial charge in [0.15, 0.2) is 27.6 Å². The fraction of sp³-hybridized carbons (Fsp3) is 0.571. The van der Waals surface area contributed by atoms with Gasteiger partial charge in [-0.25, -0.2) is 19.7 Å². The largest absolute Gasteiger partial charge is 0.479 e. The summed E-state index contributed by atoms with van der Waals surface area (Å²) in [5.41, 5.74) is 1.97. The molecule has 2 aromatic rings. The molecule has 0 spiro atoms. The van der Waals surface area contributed by atoms with Crippen LogP contribution in [-0.2, 0) is 19.0 Å². The number of aromatic nitrogens is 4. The van der Waals surface area contributed by atoms with Crippen LogP contribution < -0.4 is 0 Å². The minimum Gasteiger partial charge on any atom is -0.479 e. The van der Waals surface area contributed by atoms with Crippen LogP contribution in [0.4, 0.5) is 0 Å². The quantitative estimate of drug-likeness (QED) is 0.543. The lowest BCUT2D eigenvalue weighted by molar-refractivity contribution is -0.202. The molecule has 0 saturated carbocycles. The molecule has 0 aliphatic carbocycles. The molecule has 2 aliphatic heterocycles. The van der Waals surface area contributed by atoms with Gasteiger partial charge in [-0.2, -0.15) is 0 Å². The number of hydrogen-bond acceptors (Lipinski definition) is 7. The van der Waals surface area contributed by atoms with E-state index in [2.05, 4.69) is 15.0 Å². The molecule has 4 unspecified atom stereocenters. The summed E-state index contributed by atoms with van der Waals surface area (Å²) >= 11 is 2.03. The second-order valence-electron chi connectivity index (χ2n) is 6.25. The standard InChI is InChI=1S/C14H15IN4O5/c1-5-6-10(18-13(15)17-5)19(4-16-6)11-8-7(9(22-11)12(20)21)23-14(2,3)24-8/h4,7-9,11H,1-3H3,(H,20,21). The van der Waals surface area contributed by atoms with Crippen LogP contribution in [0.25, 0.3) is 11.2 Å². The smallest absolute Gasteiger partial charge is 0.335 e. The number of aryl methyl sites for hydroxylation is 1. The summed E-state index contributed by atoms with van der Waals surface area (Å²) < 4.78 is 19.6. The maximum atomic E-state index is 11.5. The summed E-state index contributed by atoms with van der Waals surface area (Å²) in [7, 11) is 0. The monoisotopic (exact) mass is 446 g/mol. The predicted molar refractivity (Wildman–Crippen MR) is 88.1 cm³/mol. The molecule has 2 fully saturated rings. The van der Waals surface area contributed by atoms with E-state index in [0.717, 1.165) is 5.69 Å². The highest BCUT2D eigenvalue weighted by molar-refractivity contribution is 14.1. The Bertz CT molecular complexity index is 838. The van der Waals surface area contributed by atoms with Gasteiger partial charge in [0.1, 0.15) is 17.7 Å². The Morgan fingerprint density at radius 3 is 2.75 bits per heavy atom. The Labute approximate surface area is 150 Å². The van der Waals surface area contributed by atoms with E-state index >= 15 is 0 Å². The molecule has 9 nitrogen and oxygen atoms in total. The average molecular weight is 446 g/mol. The number of imidazole rings is 1. The Morgan fingerprint density at radius 1 is 1.33 bits per heavy atom. The molecule has 2 saturated heterocycles. The molecule has 2 aliphatic rings. The number of fused-ring (bicyclic) bond motifs is 2. The van der Waals surface area contributed by atoms with Crippen LogP contribution in [0.1, 0.15) is 25.8 Å². The van der Waals surface area contributed by atoms with Crippen molar-refractivity contribution in [2.24, 2.45) is 0 Å². The first-order valence-electron chi connectivity index (χ1n) is 7.37. The number of carbonyl (C=O) groups is 1. The summed E-state index contributed by atoms with van der Waals surface area (Å²) in [4.78, 5) is 24.6. The summed E-state index contributed by atoms with van der Waals surface area (Å²) in [6, 6.07) is 0. The van der Waals surface area contributed by atoms with Crippen molar-refractivity contribution < 1.29 is 24.1 Å². The van der Waals surface area contributed by atoms with Gasteiger partial charge in [-0.3, -0.25) is 4.57 Å². The summed E-state index contributed by atoms with van der Waals surface area (Å²) in [6.07, 6.45) is -1.48.